The first-order valence-electron chi connectivity index (χ1n) is 8.89. The standard InChI is InChI=1S/C19H18F2N4O2/c20-19(21,14-4-2-1-3-5-14)18(26)25-10-8-24(9-11-25)17-15(12-22)23-16(27-17)13-6-7-13/h1-5,13H,6-11H2. The van der Waals surface area contributed by atoms with Crippen molar-refractivity contribution >= 4 is 11.8 Å². The number of hydrogen-bond acceptors (Lipinski definition) is 5. The lowest BCUT2D eigenvalue weighted by atomic mass is 10.1. The average molecular weight is 372 g/mol. The van der Waals surface area contributed by atoms with Crippen LogP contribution in [-0.2, 0) is 10.7 Å². The number of anilines is 1. The van der Waals surface area contributed by atoms with Crippen molar-refractivity contribution in [2.24, 2.45) is 0 Å². The van der Waals surface area contributed by atoms with E-state index in [0.29, 0.717) is 24.9 Å². The van der Waals surface area contributed by atoms with E-state index >= 15 is 0 Å². The third kappa shape index (κ3) is 3.25. The Balaban J connectivity index is 1.45. The summed E-state index contributed by atoms with van der Waals surface area (Å²) in [5.74, 6) is -3.55. The zero-order valence-electron chi connectivity index (χ0n) is 14.6. The van der Waals surface area contributed by atoms with Crippen LogP contribution in [0.15, 0.2) is 34.7 Å². The van der Waals surface area contributed by atoms with E-state index < -0.39 is 11.8 Å². The monoisotopic (exact) mass is 372 g/mol. The summed E-state index contributed by atoms with van der Waals surface area (Å²) in [5.41, 5.74) is -0.0974. The largest absolute Gasteiger partial charge is 0.423 e. The highest BCUT2D eigenvalue weighted by Crippen LogP contribution is 2.41. The Labute approximate surface area is 155 Å². The third-order valence-corrected chi connectivity index (χ3v) is 4.92. The molecule has 1 aromatic heterocycles. The molecule has 1 saturated carbocycles. The Morgan fingerprint density at radius 2 is 1.85 bits per heavy atom. The van der Waals surface area contributed by atoms with Crippen molar-refractivity contribution in [1.29, 1.82) is 5.26 Å². The van der Waals surface area contributed by atoms with Crippen LogP contribution in [0.2, 0.25) is 0 Å². The topological polar surface area (TPSA) is 73.4 Å². The fourth-order valence-electron chi connectivity index (χ4n) is 3.20. The molecule has 0 atom stereocenters. The van der Waals surface area contributed by atoms with E-state index in [1.807, 2.05) is 6.07 Å². The fourth-order valence-corrected chi connectivity index (χ4v) is 3.20. The molecule has 0 unspecified atom stereocenters. The number of amides is 1. The van der Waals surface area contributed by atoms with Crippen molar-refractivity contribution in [1.82, 2.24) is 9.88 Å². The summed E-state index contributed by atoms with van der Waals surface area (Å²) in [4.78, 5) is 19.5. The smallest absolute Gasteiger partial charge is 0.349 e. The quantitative estimate of drug-likeness (QED) is 0.825. The fraction of sp³-hybridized carbons (Fsp3) is 0.421. The van der Waals surface area contributed by atoms with Crippen molar-refractivity contribution in [2.45, 2.75) is 24.7 Å². The molecule has 1 amide bonds. The van der Waals surface area contributed by atoms with Crippen molar-refractivity contribution in [2.75, 3.05) is 31.1 Å². The molecule has 0 N–H and O–H groups in total. The Morgan fingerprint density at radius 3 is 2.44 bits per heavy atom. The zero-order valence-corrected chi connectivity index (χ0v) is 14.6. The van der Waals surface area contributed by atoms with Crippen molar-refractivity contribution in [3.63, 3.8) is 0 Å². The molecule has 1 aliphatic heterocycles. The van der Waals surface area contributed by atoms with Crippen LogP contribution in [0.4, 0.5) is 14.7 Å². The first-order valence-corrected chi connectivity index (χ1v) is 8.89. The summed E-state index contributed by atoms with van der Waals surface area (Å²) >= 11 is 0. The summed E-state index contributed by atoms with van der Waals surface area (Å²) in [6, 6.07) is 9.13. The molecule has 2 heterocycles. The van der Waals surface area contributed by atoms with E-state index in [9.17, 15) is 18.8 Å². The number of rotatable bonds is 4. The second kappa shape index (κ2) is 6.65. The summed E-state index contributed by atoms with van der Waals surface area (Å²) in [6.45, 7) is 0.881. The third-order valence-electron chi connectivity index (χ3n) is 4.92. The van der Waals surface area contributed by atoms with Gasteiger partial charge in [0.1, 0.15) is 6.07 Å². The van der Waals surface area contributed by atoms with E-state index in [-0.39, 0.29) is 30.3 Å². The van der Waals surface area contributed by atoms with Crippen LogP contribution < -0.4 is 4.90 Å². The SMILES string of the molecule is N#Cc1nc(C2CC2)oc1N1CCN(C(=O)C(F)(F)c2ccccc2)CC1. The lowest BCUT2D eigenvalue weighted by molar-refractivity contribution is -0.159. The summed E-state index contributed by atoms with van der Waals surface area (Å²) in [5, 5.41) is 9.27. The molecule has 1 aromatic carbocycles. The molecule has 27 heavy (non-hydrogen) atoms. The van der Waals surface area contributed by atoms with Gasteiger partial charge in [0, 0.05) is 37.7 Å². The van der Waals surface area contributed by atoms with E-state index in [0.717, 1.165) is 17.7 Å². The van der Waals surface area contributed by atoms with Crippen LogP contribution in [0, 0.1) is 11.3 Å². The number of benzene rings is 1. The van der Waals surface area contributed by atoms with Gasteiger partial charge in [-0.05, 0) is 12.8 Å². The van der Waals surface area contributed by atoms with Gasteiger partial charge >= 0.3 is 5.92 Å². The van der Waals surface area contributed by atoms with Gasteiger partial charge in [0.05, 0.1) is 0 Å². The Bertz CT molecular complexity index is 879. The molecule has 2 aromatic rings. The number of carbonyl (C=O) groups is 1. The highest BCUT2D eigenvalue weighted by atomic mass is 19.3. The average Bonchev–Trinajstić information content (AvgIpc) is 3.47. The van der Waals surface area contributed by atoms with Crippen LogP contribution in [0.25, 0.3) is 0 Å². The number of carbonyl (C=O) groups excluding carboxylic acids is 1. The van der Waals surface area contributed by atoms with Crippen LogP contribution in [0.1, 0.15) is 35.9 Å². The minimum atomic E-state index is -3.56. The molecular weight excluding hydrogens is 354 g/mol. The van der Waals surface area contributed by atoms with E-state index in [2.05, 4.69) is 4.98 Å². The number of hydrogen-bond donors (Lipinski definition) is 0. The predicted molar refractivity (Wildman–Crippen MR) is 92.3 cm³/mol. The van der Waals surface area contributed by atoms with E-state index in [4.69, 9.17) is 4.42 Å². The highest BCUT2D eigenvalue weighted by molar-refractivity contribution is 5.85. The molecule has 6 nitrogen and oxygen atoms in total. The molecule has 1 aliphatic carbocycles. The number of nitrogens with zero attached hydrogens (tertiary/aromatic N) is 4. The zero-order chi connectivity index (χ0) is 19.0. The molecule has 0 spiro atoms. The van der Waals surface area contributed by atoms with E-state index in [1.165, 1.54) is 24.3 Å². The van der Waals surface area contributed by atoms with Crippen molar-refractivity contribution < 1.29 is 18.0 Å². The van der Waals surface area contributed by atoms with Crippen LogP contribution in [0.3, 0.4) is 0 Å². The number of piperazine rings is 1. The molecule has 8 heteroatoms. The van der Waals surface area contributed by atoms with Crippen molar-refractivity contribution in [3.8, 4) is 6.07 Å². The minimum Gasteiger partial charge on any atom is -0.423 e. The lowest BCUT2D eigenvalue weighted by Gasteiger charge is -2.36. The summed E-state index contributed by atoms with van der Waals surface area (Å²) < 4.78 is 34.7. The van der Waals surface area contributed by atoms with Gasteiger partial charge in [0.15, 0.2) is 0 Å². The number of nitriles is 1. The van der Waals surface area contributed by atoms with Gasteiger partial charge in [-0.2, -0.15) is 14.0 Å². The first kappa shape index (κ1) is 17.5. The number of oxazole rings is 1. The maximum Gasteiger partial charge on any atom is 0.349 e. The van der Waals surface area contributed by atoms with Gasteiger partial charge in [-0.3, -0.25) is 4.79 Å². The molecule has 2 aliphatic rings. The number of alkyl halides is 2. The molecular formula is C19H18F2N4O2. The maximum absolute atomic E-state index is 14.5. The Hall–Kier alpha value is -2.95. The van der Waals surface area contributed by atoms with Crippen LogP contribution in [0.5, 0.6) is 0 Å². The second-order valence-corrected chi connectivity index (χ2v) is 6.81. The lowest BCUT2D eigenvalue weighted by Crippen LogP contribution is -2.52. The molecule has 4 rings (SSSR count). The van der Waals surface area contributed by atoms with Gasteiger partial charge < -0.3 is 14.2 Å². The molecule has 1 saturated heterocycles. The van der Waals surface area contributed by atoms with Crippen LogP contribution in [-0.4, -0.2) is 42.0 Å². The summed E-state index contributed by atoms with van der Waals surface area (Å²) in [6.07, 6.45) is 2.00. The number of aromatic nitrogens is 1. The highest BCUT2D eigenvalue weighted by Gasteiger charge is 2.44. The molecule has 0 bridgehead atoms. The van der Waals surface area contributed by atoms with Gasteiger partial charge in [-0.15, -0.1) is 0 Å². The Kier molecular flexibility index (Phi) is 4.30. The molecule has 0 radical (unpaired) electrons. The van der Waals surface area contributed by atoms with Gasteiger partial charge in [0.25, 0.3) is 5.91 Å². The number of halogens is 2. The normalized spacial score (nSPS) is 17.7. The minimum absolute atomic E-state index is 0.131. The van der Waals surface area contributed by atoms with Crippen LogP contribution >= 0.6 is 0 Å². The first-order chi connectivity index (χ1) is 13.0. The predicted octanol–water partition coefficient (Wildman–Crippen LogP) is 2.86. The summed E-state index contributed by atoms with van der Waals surface area (Å²) in [7, 11) is 0. The van der Waals surface area contributed by atoms with Crippen molar-refractivity contribution in [3.05, 3.63) is 47.5 Å². The Morgan fingerprint density at radius 1 is 1.19 bits per heavy atom. The van der Waals surface area contributed by atoms with E-state index in [1.54, 1.807) is 11.0 Å². The van der Waals surface area contributed by atoms with Gasteiger partial charge in [0.2, 0.25) is 17.5 Å². The second-order valence-electron chi connectivity index (χ2n) is 6.81. The molecule has 140 valence electrons. The molecule has 2 fully saturated rings. The maximum atomic E-state index is 14.5. The van der Waals surface area contributed by atoms with Gasteiger partial charge in [-0.25, -0.2) is 4.98 Å². The van der Waals surface area contributed by atoms with Gasteiger partial charge in [-0.1, -0.05) is 30.3 Å².